The van der Waals surface area contributed by atoms with Crippen molar-refractivity contribution in [3.05, 3.63) is 57.9 Å². The van der Waals surface area contributed by atoms with Crippen molar-refractivity contribution in [1.82, 2.24) is 9.97 Å². The number of halogens is 1. The Morgan fingerprint density at radius 2 is 1.82 bits per heavy atom. The summed E-state index contributed by atoms with van der Waals surface area (Å²) in [6.07, 6.45) is 0. The normalized spacial score (nSPS) is 11.2. The Morgan fingerprint density at radius 3 is 2.55 bits per heavy atom. The molecule has 22 heavy (non-hydrogen) atoms. The van der Waals surface area contributed by atoms with Crippen LogP contribution in [0.15, 0.2) is 47.2 Å². The Balaban J connectivity index is 1.90. The summed E-state index contributed by atoms with van der Waals surface area (Å²) < 4.78 is 0. The second kappa shape index (κ2) is 5.47. The molecule has 1 aromatic carbocycles. The van der Waals surface area contributed by atoms with Gasteiger partial charge in [-0.25, -0.2) is 9.97 Å². The third-order valence-corrected chi connectivity index (χ3v) is 5.53. The number of fused-ring (bicyclic) bond motifs is 1. The van der Waals surface area contributed by atoms with E-state index in [-0.39, 0.29) is 0 Å². The molecule has 0 unspecified atom stereocenters. The fraction of sp³-hybridized carbons (Fsp3) is 0.0588. The summed E-state index contributed by atoms with van der Waals surface area (Å²) in [5.74, 6) is 0.678. The molecule has 0 atom stereocenters. The van der Waals surface area contributed by atoms with E-state index in [9.17, 15) is 0 Å². The SMILES string of the molecule is Cc1ccc(-c2nc(Cl)c3c(-c4cccs4)csc3n2)cc1. The van der Waals surface area contributed by atoms with Gasteiger partial charge in [-0.15, -0.1) is 22.7 Å². The molecule has 0 aliphatic rings. The van der Waals surface area contributed by atoms with Gasteiger partial charge in [0.1, 0.15) is 9.98 Å². The second-order valence-corrected chi connectivity index (χ2v) is 7.17. The van der Waals surface area contributed by atoms with Crippen LogP contribution in [-0.2, 0) is 0 Å². The largest absolute Gasteiger partial charge is 0.217 e. The lowest BCUT2D eigenvalue weighted by molar-refractivity contribution is 1.24. The predicted octanol–water partition coefficient (Wildman–Crippen LogP) is 6.05. The fourth-order valence-corrected chi connectivity index (χ4v) is 4.43. The molecule has 4 rings (SSSR count). The van der Waals surface area contributed by atoms with E-state index in [0.29, 0.717) is 11.0 Å². The lowest BCUT2D eigenvalue weighted by Gasteiger charge is -2.03. The molecule has 3 heterocycles. The number of aromatic nitrogens is 2. The smallest absolute Gasteiger partial charge is 0.162 e. The van der Waals surface area contributed by atoms with Gasteiger partial charge >= 0.3 is 0 Å². The van der Waals surface area contributed by atoms with Gasteiger partial charge in [-0.3, -0.25) is 0 Å². The zero-order valence-electron chi connectivity index (χ0n) is 11.7. The zero-order chi connectivity index (χ0) is 15.1. The molecule has 0 aliphatic heterocycles. The number of rotatable bonds is 2. The van der Waals surface area contributed by atoms with Gasteiger partial charge in [0, 0.05) is 21.4 Å². The number of hydrogen-bond acceptors (Lipinski definition) is 4. The van der Waals surface area contributed by atoms with E-state index in [0.717, 1.165) is 21.3 Å². The second-order valence-electron chi connectivity index (χ2n) is 5.01. The van der Waals surface area contributed by atoms with Gasteiger partial charge < -0.3 is 0 Å². The number of benzene rings is 1. The monoisotopic (exact) mass is 342 g/mol. The van der Waals surface area contributed by atoms with Crippen LogP contribution in [0.5, 0.6) is 0 Å². The number of aryl methyl sites for hydroxylation is 1. The minimum Gasteiger partial charge on any atom is -0.217 e. The number of hydrogen-bond donors (Lipinski definition) is 0. The van der Waals surface area contributed by atoms with Crippen molar-refractivity contribution >= 4 is 44.5 Å². The highest BCUT2D eigenvalue weighted by Gasteiger charge is 2.15. The van der Waals surface area contributed by atoms with Crippen molar-refractivity contribution in [2.75, 3.05) is 0 Å². The minimum atomic E-state index is 0.519. The van der Waals surface area contributed by atoms with Crippen LogP contribution in [0.3, 0.4) is 0 Å². The van der Waals surface area contributed by atoms with Crippen LogP contribution in [0.4, 0.5) is 0 Å². The van der Waals surface area contributed by atoms with E-state index in [4.69, 9.17) is 16.6 Å². The van der Waals surface area contributed by atoms with Crippen LogP contribution < -0.4 is 0 Å². The van der Waals surface area contributed by atoms with Crippen LogP contribution in [-0.4, -0.2) is 9.97 Å². The van der Waals surface area contributed by atoms with Gasteiger partial charge in [0.15, 0.2) is 5.82 Å². The molecule has 0 bridgehead atoms. The lowest BCUT2D eigenvalue weighted by atomic mass is 10.1. The molecule has 4 aromatic rings. The Morgan fingerprint density at radius 1 is 1.00 bits per heavy atom. The van der Waals surface area contributed by atoms with Crippen LogP contribution in [0.25, 0.3) is 32.0 Å². The predicted molar refractivity (Wildman–Crippen MR) is 95.9 cm³/mol. The highest BCUT2D eigenvalue weighted by molar-refractivity contribution is 7.18. The van der Waals surface area contributed by atoms with E-state index in [1.807, 2.05) is 18.2 Å². The minimum absolute atomic E-state index is 0.519. The third kappa shape index (κ3) is 2.33. The summed E-state index contributed by atoms with van der Waals surface area (Å²) >= 11 is 9.78. The Bertz CT molecular complexity index is 941. The van der Waals surface area contributed by atoms with Gasteiger partial charge in [0.25, 0.3) is 0 Å². The molecule has 0 saturated heterocycles. The van der Waals surface area contributed by atoms with Gasteiger partial charge in [-0.2, -0.15) is 0 Å². The van der Waals surface area contributed by atoms with Crippen LogP contribution >= 0.6 is 34.3 Å². The van der Waals surface area contributed by atoms with Crippen molar-refractivity contribution in [3.63, 3.8) is 0 Å². The summed E-state index contributed by atoms with van der Waals surface area (Å²) in [4.78, 5) is 11.3. The fourth-order valence-electron chi connectivity index (χ4n) is 2.34. The maximum absolute atomic E-state index is 6.47. The first-order valence-corrected chi connectivity index (χ1v) is 8.92. The van der Waals surface area contributed by atoms with Gasteiger partial charge in [0.05, 0.1) is 5.39 Å². The van der Waals surface area contributed by atoms with E-state index in [1.165, 1.54) is 10.4 Å². The molecule has 0 N–H and O–H groups in total. The highest BCUT2D eigenvalue weighted by atomic mass is 35.5. The molecular formula is C17H11ClN2S2. The Kier molecular flexibility index (Phi) is 3.45. The quantitative estimate of drug-likeness (QED) is 0.414. The van der Waals surface area contributed by atoms with Crippen molar-refractivity contribution in [1.29, 1.82) is 0 Å². The first kappa shape index (κ1) is 13.9. The molecule has 3 aromatic heterocycles. The Labute approximate surface area is 141 Å². The molecule has 0 fully saturated rings. The summed E-state index contributed by atoms with van der Waals surface area (Å²) in [7, 11) is 0. The number of nitrogens with zero attached hydrogens (tertiary/aromatic N) is 2. The molecular weight excluding hydrogens is 332 g/mol. The third-order valence-electron chi connectivity index (χ3n) is 3.49. The topological polar surface area (TPSA) is 25.8 Å². The van der Waals surface area contributed by atoms with Gasteiger partial charge in [0.2, 0.25) is 0 Å². The lowest BCUT2D eigenvalue weighted by Crippen LogP contribution is -1.90. The first-order chi connectivity index (χ1) is 10.7. The average molecular weight is 343 g/mol. The zero-order valence-corrected chi connectivity index (χ0v) is 14.1. The van der Waals surface area contributed by atoms with E-state index in [2.05, 4.69) is 40.9 Å². The Hall–Kier alpha value is -1.75. The van der Waals surface area contributed by atoms with Crippen molar-refractivity contribution in [2.24, 2.45) is 0 Å². The van der Waals surface area contributed by atoms with Crippen LogP contribution in [0.2, 0.25) is 5.15 Å². The highest BCUT2D eigenvalue weighted by Crippen LogP contribution is 2.39. The molecule has 0 aliphatic carbocycles. The van der Waals surface area contributed by atoms with Crippen LogP contribution in [0.1, 0.15) is 5.56 Å². The van der Waals surface area contributed by atoms with Gasteiger partial charge in [-0.1, -0.05) is 47.5 Å². The maximum Gasteiger partial charge on any atom is 0.162 e. The molecule has 0 radical (unpaired) electrons. The number of thiophene rings is 2. The standard InChI is InChI=1S/C17H11ClN2S2/c1-10-4-6-11(7-5-10)16-19-15(18)14-12(9-22-17(14)20-16)13-3-2-8-21-13/h2-9H,1H3. The van der Waals surface area contributed by atoms with Crippen molar-refractivity contribution in [2.45, 2.75) is 6.92 Å². The van der Waals surface area contributed by atoms with Crippen LogP contribution in [0, 0.1) is 6.92 Å². The summed E-state index contributed by atoms with van der Waals surface area (Å²) in [5.41, 5.74) is 3.32. The van der Waals surface area contributed by atoms with Crippen molar-refractivity contribution in [3.8, 4) is 21.8 Å². The van der Waals surface area contributed by atoms with Gasteiger partial charge in [-0.05, 0) is 18.4 Å². The summed E-state index contributed by atoms with van der Waals surface area (Å²) in [6, 6.07) is 12.3. The molecule has 0 saturated carbocycles. The molecule has 0 amide bonds. The van der Waals surface area contributed by atoms with E-state index < -0.39 is 0 Å². The summed E-state index contributed by atoms with van der Waals surface area (Å²) in [5, 5.41) is 5.64. The first-order valence-electron chi connectivity index (χ1n) is 6.78. The molecule has 0 spiro atoms. The average Bonchev–Trinajstić information content (AvgIpc) is 3.16. The maximum atomic E-state index is 6.47. The van der Waals surface area contributed by atoms with E-state index >= 15 is 0 Å². The molecule has 2 nitrogen and oxygen atoms in total. The molecule has 108 valence electrons. The van der Waals surface area contributed by atoms with Crippen molar-refractivity contribution < 1.29 is 0 Å². The van der Waals surface area contributed by atoms with E-state index in [1.54, 1.807) is 22.7 Å². The summed E-state index contributed by atoms with van der Waals surface area (Å²) in [6.45, 7) is 2.06. The molecule has 5 heteroatoms.